The molecule has 8 nitrogen and oxygen atoms in total. The molecule has 2 bridgehead atoms. The van der Waals surface area contributed by atoms with E-state index < -0.39 is 19.1 Å². The number of nitrogens with two attached hydrogens (primary N) is 1. The van der Waals surface area contributed by atoms with Crippen molar-refractivity contribution >= 4 is 18.9 Å². The molecule has 3 saturated carbocycles. The second-order valence-corrected chi connectivity index (χ2v) is 11.4. The molecular weight excluding hydrogens is 445 g/mol. The van der Waals surface area contributed by atoms with Gasteiger partial charge in [-0.25, -0.2) is 0 Å². The maximum absolute atomic E-state index is 13.1. The number of hydrogen-bond donors (Lipinski definition) is 2. The summed E-state index contributed by atoms with van der Waals surface area (Å²) in [7, 11) is -0.563. The Morgan fingerprint density at radius 1 is 1.17 bits per heavy atom. The lowest BCUT2D eigenvalue weighted by Gasteiger charge is -2.64. The third-order valence-electron chi connectivity index (χ3n) is 9.02. The van der Waals surface area contributed by atoms with Crippen LogP contribution in [0.5, 0.6) is 0 Å². The number of nitrogens with one attached hydrogen (secondary N) is 1. The molecule has 190 valence electrons. The highest BCUT2D eigenvalue weighted by molar-refractivity contribution is 6.48. The van der Waals surface area contributed by atoms with E-state index in [2.05, 4.69) is 26.1 Å². The summed E-state index contributed by atoms with van der Waals surface area (Å²) in [5, 5.41) is 3.08. The Balaban J connectivity index is 1.28. The summed E-state index contributed by atoms with van der Waals surface area (Å²) >= 11 is 0. The maximum atomic E-state index is 13.1. The van der Waals surface area contributed by atoms with Crippen LogP contribution in [0.4, 0.5) is 0 Å². The van der Waals surface area contributed by atoms with Gasteiger partial charge in [0.25, 0.3) is 0 Å². The van der Waals surface area contributed by atoms with Gasteiger partial charge in [0, 0.05) is 13.1 Å². The summed E-state index contributed by atoms with van der Waals surface area (Å²) in [6.07, 6.45) is 2.70. The number of amides is 2. The van der Waals surface area contributed by atoms with Crippen LogP contribution in [-0.4, -0.2) is 73.8 Å². The van der Waals surface area contributed by atoms with Crippen LogP contribution in [0, 0.1) is 17.3 Å². The fourth-order valence-electron chi connectivity index (χ4n) is 6.67. The molecule has 0 spiro atoms. The van der Waals surface area contributed by atoms with E-state index >= 15 is 0 Å². The fraction of sp³-hybridized carbons (Fsp3) is 0.692. The Hall–Kier alpha value is -1.94. The van der Waals surface area contributed by atoms with Crippen LogP contribution < -0.4 is 11.1 Å². The first-order chi connectivity index (χ1) is 16.7. The van der Waals surface area contributed by atoms with Crippen LogP contribution >= 0.6 is 0 Å². The molecule has 1 aromatic carbocycles. The quantitative estimate of drug-likeness (QED) is 0.571. The monoisotopic (exact) mass is 483 g/mol. The molecule has 5 fully saturated rings. The fourth-order valence-corrected chi connectivity index (χ4v) is 6.67. The van der Waals surface area contributed by atoms with Gasteiger partial charge >= 0.3 is 7.12 Å². The SMILES string of the molecule is CC1(C)[C@@H]2C[C@H]3OB(C(Cc4ccccc4)NC(=O)C(N)CC(=O)N4CCOCC4)O[C@@]3(C)[C@H]1C2. The Morgan fingerprint density at radius 3 is 2.57 bits per heavy atom. The summed E-state index contributed by atoms with van der Waals surface area (Å²) in [4.78, 5) is 27.5. The molecule has 2 aliphatic heterocycles. The first-order valence-corrected chi connectivity index (χ1v) is 13.0. The summed E-state index contributed by atoms with van der Waals surface area (Å²) < 4.78 is 18.5. The van der Waals surface area contributed by atoms with Crippen LogP contribution in [0.2, 0.25) is 0 Å². The average Bonchev–Trinajstić information content (AvgIpc) is 3.21. The zero-order valence-corrected chi connectivity index (χ0v) is 21.1. The summed E-state index contributed by atoms with van der Waals surface area (Å²) in [5.74, 6) is 0.200. The van der Waals surface area contributed by atoms with Crippen molar-refractivity contribution in [3.63, 3.8) is 0 Å². The Morgan fingerprint density at radius 2 is 1.89 bits per heavy atom. The first-order valence-electron chi connectivity index (χ1n) is 13.0. The minimum absolute atomic E-state index is 0.0241. The largest absolute Gasteiger partial charge is 0.482 e. The lowest BCUT2D eigenvalue weighted by molar-refractivity contribution is -0.199. The molecule has 3 aliphatic carbocycles. The lowest BCUT2D eigenvalue weighted by Crippen LogP contribution is -2.65. The molecule has 2 unspecified atom stereocenters. The molecule has 2 heterocycles. The minimum atomic E-state index is -0.936. The van der Waals surface area contributed by atoms with E-state index in [4.69, 9.17) is 19.8 Å². The van der Waals surface area contributed by atoms with Gasteiger partial charge in [0.2, 0.25) is 11.8 Å². The summed E-state index contributed by atoms with van der Waals surface area (Å²) in [6.45, 7) is 8.93. The van der Waals surface area contributed by atoms with Crippen LogP contribution in [-0.2, 0) is 30.1 Å². The number of nitrogens with zero attached hydrogens (tertiary/aromatic N) is 1. The molecule has 2 amide bonds. The van der Waals surface area contributed by atoms with Crippen molar-refractivity contribution < 1.29 is 23.6 Å². The molecule has 5 aliphatic rings. The first kappa shape index (κ1) is 24.7. The van der Waals surface area contributed by atoms with E-state index in [0.717, 1.165) is 12.0 Å². The Kier molecular flexibility index (Phi) is 6.72. The van der Waals surface area contributed by atoms with E-state index in [0.29, 0.717) is 44.6 Å². The maximum Gasteiger partial charge on any atom is 0.482 e. The molecule has 2 saturated heterocycles. The van der Waals surface area contributed by atoms with Crippen molar-refractivity contribution in [3.8, 4) is 0 Å². The molecule has 6 rings (SSSR count). The van der Waals surface area contributed by atoms with Gasteiger partial charge < -0.3 is 30.0 Å². The number of morpholine rings is 1. The van der Waals surface area contributed by atoms with Crippen LogP contribution in [0.1, 0.15) is 45.6 Å². The normalized spacial score (nSPS) is 32.9. The Labute approximate surface area is 208 Å². The molecular formula is C26H38BN3O5. The second kappa shape index (κ2) is 9.50. The van der Waals surface area contributed by atoms with Gasteiger partial charge in [0.1, 0.15) is 0 Å². The van der Waals surface area contributed by atoms with Crippen molar-refractivity contribution in [1.29, 1.82) is 0 Å². The van der Waals surface area contributed by atoms with Crippen molar-refractivity contribution in [2.24, 2.45) is 23.0 Å². The van der Waals surface area contributed by atoms with Gasteiger partial charge in [-0.2, -0.15) is 0 Å². The molecule has 0 aromatic heterocycles. The van der Waals surface area contributed by atoms with E-state index in [1.807, 2.05) is 30.3 Å². The molecule has 35 heavy (non-hydrogen) atoms. The minimum Gasteiger partial charge on any atom is -0.404 e. The highest BCUT2D eigenvalue weighted by atomic mass is 16.7. The number of rotatable bonds is 7. The van der Waals surface area contributed by atoms with Crippen LogP contribution in [0.3, 0.4) is 0 Å². The lowest BCUT2D eigenvalue weighted by atomic mass is 9.43. The van der Waals surface area contributed by atoms with Gasteiger partial charge in [-0.3, -0.25) is 9.59 Å². The van der Waals surface area contributed by atoms with E-state index in [-0.39, 0.29) is 35.4 Å². The predicted molar refractivity (Wildman–Crippen MR) is 132 cm³/mol. The van der Waals surface area contributed by atoms with E-state index in [1.165, 1.54) is 6.42 Å². The number of ether oxygens (including phenoxy) is 1. The van der Waals surface area contributed by atoms with Crippen molar-refractivity contribution in [3.05, 3.63) is 35.9 Å². The molecule has 9 heteroatoms. The summed E-state index contributed by atoms with van der Waals surface area (Å²) in [5.41, 5.74) is 7.15. The number of carbonyl (C=O) groups is 2. The highest BCUT2D eigenvalue weighted by Crippen LogP contribution is 2.65. The molecule has 3 N–H and O–H groups in total. The zero-order chi connectivity index (χ0) is 24.8. The van der Waals surface area contributed by atoms with Crippen molar-refractivity contribution in [1.82, 2.24) is 10.2 Å². The van der Waals surface area contributed by atoms with Gasteiger partial charge in [-0.05, 0) is 49.0 Å². The number of carbonyl (C=O) groups excluding carboxylic acids is 2. The van der Waals surface area contributed by atoms with E-state index in [1.54, 1.807) is 4.90 Å². The average molecular weight is 483 g/mol. The van der Waals surface area contributed by atoms with Gasteiger partial charge in [-0.15, -0.1) is 0 Å². The van der Waals surface area contributed by atoms with Crippen LogP contribution in [0.15, 0.2) is 30.3 Å². The van der Waals surface area contributed by atoms with Gasteiger partial charge in [0.15, 0.2) is 0 Å². The smallest absolute Gasteiger partial charge is 0.404 e. The zero-order valence-electron chi connectivity index (χ0n) is 21.1. The van der Waals surface area contributed by atoms with Crippen molar-refractivity contribution in [2.45, 2.75) is 70.1 Å². The second-order valence-electron chi connectivity index (χ2n) is 11.4. The van der Waals surface area contributed by atoms with Crippen LogP contribution in [0.25, 0.3) is 0 Å². The number of hydrogen-bond acceptors (Lipinski definition) is 6. The van der Waals surface area contributed by atoms with Crippen molar-refractivity contribution in [2.75, 3.05) is 26.3 Å². The number of benzene rings is 1. The third-order valence-corrected chi connectivity index (χ3v) is 9.02. The van der Waals surface area contributed by atoms with Gasteiger partial charge in [-0.1, -0.05) is 44.2 Å². The van der Waals surface area contributed by atoms with E-state index in [9.17, 15) is 9.59 Å². The topological polar surface area (TPSA) is 103 Å². The third kappa shape index (κ3) is 4.64. The Bertz CT molecular complexity index is 940. The standard InChI is InChI=1S/C26H38BN3O5/c1-25(2)18-14-20(25)26(3)21(15-18)34-27(35-26)22(13-17-7-5-4-6-8-17)29-24(32)19(28)16-23(31)30-9-11-33-12-10-30/h4-8,18-22H,9-16,28H2,1-3H3,(H,29,32)/t18-,19?,20-,21+,22?,26-/m0/s1. The molecule has 0 radical (unpaired) electrons. The molecule has 6 atom stereocenters. The predicted octanol–water partition coefficient (Wildman–Crippen LogP) is 1.56. The van der Waals surface area contributed by atoms with Gasteiger partial charge in [0.05, 0.1) is 43.3 Å². The highest BCUT2D eigenvalue weighted by Gasteiger charge is 2.68. The molecule has 1 aromatic rings. The summed E-state index contributed by atoms with van der Waals surface area (Å²) in [6, 6.07) is 9.06.